The summed E-state index contributed by atoms with van der Waals surface area (Å²) in [5, 5.41) is 6.77. The molecular formula is C18H18N4O3S2. The number of hydrogen-bond acceptors (Lipinski definition) is 7. The Morgan fingerprint density at radius 2 is 1.96 bits per heavy atom. The third-order valence-corrected chi connectivity index (χ3v) is 7.51. The molecule has 0 radical (unpaired) electrons. The van der Waals surface area contributed by atoms with E-state index in [1.165, 1.54) is 11.8 Å². The highest BCUT2D eigenvalue weighted by molar-refractivity contribution is 8.15. The second-order valence-electron chi connectivity index (χ2n) is 6.44. The van der Waals surface area contributed by atoms with Crippen molar-refractivity contribution in [2.24, 2.45) is 4.99 Å². The van der Waals surface area contributed by atoms with Crippen molar-refractivity contribution in [3.63, 3.8) is 0 Å². The number of carbonyl (C=O) groups excluding carboxylic acids is 1. The van der Waals surface area contributed by atoms with Gasteiger partial charge >= 0.3 is 0 Å². The van der Waals surface area contributed by atoms with Crippen molar-refractivity contribution >= 4 is 38.4 Å². The van der Waals surface area contributed by atoms with Gasteiger partial charge in [0, 0.05) is 22.7 Å². The molecule has 2 aromatic rings. The van der Waals surface area contributed by atoms with Crippen LogP contribution in [0.15, 0.2) is 53.7 Å². The number of nitrogens with one attached hydrogen (secondary N) is 2. The first-order valence-electron chi connectivity index (χ1n) is 8.49. The zero-order valence-electron chi connectivity index (χ0n) is 14.3. The first kappa shape index (κ1) is 18.0. The van der Waals surface area contributed by atoms with Crippen LogP contribution in [-0.2, 0) is 16.4 Å². The van der Waals surface area contributed by atoms with Gasteiger partial charge in [-0.1, -0.05) is 17.8 Å². The molecular weight excluding hydrogens is 384 g/mol. The third kappa shape index (κ3) is 4.30. The molecule has 27 heavy (non-hydrogen) atoms. The molecule has 3 heterocycles. The van der Waals surface area contributed by atoms with E-state index in [-0.39, 0.29) is 28.7 Å². The van der Waals surface area contributed by atoms with E-state index in [0.29, 0.717) is 12.1 Å². The van der Waals surface area contributed by atoms with Gasteiger partial charge in [0.2, 0.25) is 0 Å². The molecule has 2 aliphatic heterocycles. The molecule has 0 aliphatic carbocycles. The van der Waals surface area contributed by atoms with E-state index in [1.807, 2.05) is 30.3 Å². The molecule has 1 fully saturated rings. The van der Waals surface area contributed by atoms with E-state index in [4.69, 9.17) is 0 Å². The number of hydrogen-bond donors (Lipinski definition) is 2. The number of amides is 1. The average Bonchev–Trinajstić information content (AvgIpc) is 3.13. The van der Waals surface area contributed by atoms with Gasteiger partial charge in [-0.2, -0.15) is 0 Å². The van der Waals surface area contributed by atoms with Crippen LogP contribution in [0.3, 0.4) is 0 Å². The summed E-state index contributed by atoms with van der Waals surface area (Å²) in [6, 6.07) is 12.5. The fourth-order valence-corrected chi connectivity index (χ4v) is 6.70. The van der Waals surface area contributed by atoms with E-state index >= 15 is 0 Å². The molecule has 9 heteroatoms. The number of rotatable bonds is 4. The lowest BCUT2D eigenvalue weighted by Crippen LogP contribution is -2.23. The minimum absolute atomic E-state index is 0.00847. The lowest BCUT2D eigenvalue weighted by Gasteiger charge is -2.08. The maximum atomic E-state index is 12.2. The van der Waals surface area contributed by atoms with Gasteiger partial charge in [-0.15, -0.1) is 0 Å². The van der Waals surface area contributed by atoms with Crippen LogP contribution < -0.4 is 10.6 Å². The van der Waals surface area contributed by atoms with Crippen molar-refractivity contribution in [3.8, 4) is 0 Å². The fourth-order valence-electron chi connectivity index (χ4n) is 3.02. The normalized spacial score (nSPS) is 22.7. The maximum Gasteiger partial charge on any atom is 0.251 e. The summed E-state index contributed by atoms with van der Waals surface area (Å²) >= 11 is 1.47. The van der Waals surface area contributed by atoms with Crippen LogP contribution in [0.4, 0.5) is 5.69 Å². The largest absolute Gasteiger partial charge is 0.346 e. The number of amidine groups is 1. The Kier molecular flexibility index (Phi) is 4.88. The molecule has 1 aromatic carbocycles. The van der Waals surface area contributed by atoms with Crippen molar-refractivity contribution < 1.29 is 13.2 Å². The Hall–Kier alpha value is -2.39. The predicted molar refractivity (Wildman–Crippen MR) is 107 cm³/mol. The van der Waals surface area contributed by atoms with Crippen LogP contribution in [0, 0.1) is 0 Å². The molecule has 0 saturated carbocycles. The van der Waals surface area contributed by atoms with Gasteiger partial charge in [0.25, 0.3) is 5.91 Å². The van der Waals surface area contributed by atoms with Crippen molar-refractivity contribution in [3.05, 3.63) is 59.9 Å². The summed E-state index contributed by atoms with van der Waals surface area (Å²) in [4.78, 5) is 20.9. The lowest BCUT2D eigenvalue weighted by atomic mass is 10.2. The summed E-state index contributed by atoms with van der Waals surface area (Å²) in [7, 11) is -2.95. The molecule has 1 aromatic heterocycles. The third-order valence-electron chi connectivity index (χ3n) is 4.37. The number of aliphatic imine (C=N–C) groups is 1. The highest BCUT2D eigenvalue weighted by atomic mass is 32.2. The topological polar surface area (TPSA) is 101 Å². The number of anilines is 1. The summed E-state index contributed by atoms with van der Waals surface area (Å²) < 4.78 is 23.2. The summed E-state index contributed by atoms with van der Waals surface area (Å²) in [5.41, 5.74) is 2.17. The smallest absolute Gasteiger partial charge is 0.251 e. The van der Waals surface area contributed by atoms with Gasteiger partial charge in [-0.05, 0) is 36.4 Å². The average molecular weight is 403 g/mol. The highest BCUT2D eigenvalue weighted by Crippen LogP contribution is 2.34. The minimum atomic E-state index is -2.95. The number of fused-ring (bicyclic) bond motifs is 1. The van der Waals surface area contributed by atoms with Crippen molar-refractivity contribution in [1.82, 2.24) is 10.3 Å². The van der Waals surface area contributed by atoms with Crippen molar-refractivity contribution in [1.29, 1.82) is 0 Å². The Morgan fingerprint density at radius 3 is 2.67 bits per heavy atom. The predicted octanol–water partition coefficient (Wildman–Crippen LogP) is 1.69. The number of aromatic nitrogens is 1. The number of thioether (sulfide) groups is 1. The standard InChI is InChI=1S/C18H18N4O3S2/c23-17(20-9-14-3-1-2-8-19-14)12-4-6-13(7-5-12)21-18-22-15-10-27(24,25)11-16(15)26-18/h1-8,15-16H,9-11H2,(H,20,23)(H,21,22)/t15-,16+/m0/s1. The molecule has 4 rings (SSSR count). The van der Waals surface area contributed by atoms with Crippen LogP contribution in [0.5, 0.6) is 0 Å². The molecule has 2 atom stereocenters. The zero-order chi connectivity index (χ0) is 18.9. The molecule has 140 valence electrons. The molecule has 7 nitrogen and oxygen atoms in total. The second-order valence-corrected chi connectivity index (χ2v) is 9.82. The van der Waals surface area contributed by atoms with Crippen molar-refractivity contribution in [2.75, 3.05) is 16.8 Å². The Balaban J connectivity index is 1.33. The quantitative estimate of drug-likeness (QED) is 0.807. The molecule has 0 bridgehead atoms. The van der Waals surface area contributed by atoms with E-state index < -0.39 is 9.84 Å². The van der Waals surface area contributed by atoms with Gasteiger partial charge in [0.15, 0.2) is 15.0 Å². The molecule has 1 amide bonds. The highest BCUT2D eigenvalue weighted by Gasteiger charge is 2.42. The number of sulfone groups is 1. The van der Waals surface area contributed by atoms with E-state index in [2.05, 4.69) is 20.6 Å². The van der Waals surface area contributed by atoms with Gasteiger partial charge in [-0.3, -0.25) is 14.8 Å². The summed E-state index contributed by atoms with van der Waals surface area (Å²) in [5.74, 6) is 0.150. The van der Waals surface area contributed by atoms with E-state index in [0.717, 1.165) is 16.5 Å². The second kappa shape index (κ2) is 7.32. The molecule has 0 spiro atoms. The molecule has 2 N–H and O–H groups in total. The van der Waals surface area contributed by atoms with Crippen LogP contribution in [0.25, 0.3) is 0 Å². The van der Waals surface area contributed by atoms with Crippen LogP contribution >= 0.6 is 11.8 Å². The van der Waals surface area contributed by atoms with Gasteiger partial charge in [0.05, 0.1) is 29.8 Å². The van der Waals surface area contributed by atoms with Crippen LogP contribution in [0.2, 0.25) is 0 Å². The molecule has 0 unspecified atom stereocenters. The Labute approximate surface area is 161 Å². The first-order chi connectivity index (χ1) is 13.0. The Bertz CT molecular complexity index is 975. The first-order valence-corrected chi connectivity index (χ1v) is 11.2. The zero-order valence-corrected chi connectivity index (χ0v) is 16.0. The number of benzene rings is 1. The van der Waals surface area contributed by atoms with Gasteiger partial charge in [0.1, 0.15) is 0 Å². The summed E-state index contributed by atoms with van der Waals surface area (Å²) in [6.07, 6.45) is 1.69. The number of carbonyl (C=O) groups is 1. The fraction of sp³-hybridized carbons (Fsp3) is 0.278. The maximum absolute atomic E-state index is 12.2. The lowest BCUT2D eigenvalue weighted by molar-refractivity contribution is 0.0950. The van der Waals surface area contributed by atoms with E-state index in [1.54, 1.807) is 18.3 Å². The SMILES string of the molecule is O=C(NCc1ccccn1)c1ccc(NC2=N[C@H]3CS(=O)(=O)C[C@H]3S2)cc1. The van der Waals surface area contributed by atoms with E-state index in [9.17, 15) is 13.2 Å². The number of nitrogens with zero attached hydrogens (tertiary/aromatic N) is 2. The minimum Gasteiger partial charge on any atom is -0.346 e. The van der Waals surface area contributed by atoms with Crippen LogP contribution in [0.1, 0.15) is 16.1 Å². The van der Waals surface area contributed by atoms with Crippen molar-refractivity contribution in [2.45, 2.75) is 17.8 Å². The molecule has 2 aliphatic rings. The van der Waals surface area contributed by atoms with Gasteiger partial charge in [-0.25, -0.2) is 8.42 Å². The van der Waals surface area contributed by atoms with Gasteiger partial charge < -0.3 is 10.6 Å². The number of pyridine rings is 1. The summed E-state index contributed by atoms with van der Waals surface area (Å²) in [6.45, 7) is 0.374. The Morgan fingerprint density at radius 1 is 1.15 bits per heavy atom. The molecule has 1 saturated heterocycles. The monoisotopic (exact) mass is 402 g/mol. The van der Waals surface area contributed by atoms with Crippen LogP contribution in [-0.4, -0.2) is 47.3 Å².